The molecule has 96 valence electrons. The summed E-state index contributed by atoms with van der Waals surface area (Å²) >= 11 is 0. The number of aromatic nitrogens is 3. The topological polar surface area (TPSA) is 66.0 Å². The average molecular weight is 246 g/mol. The van der Waals surface area contributed by atoms with Crippen molar-refractivity contribution in [1.29, 1.82) is 0 Å². The van der Waals surface area contributed by atoms with Crippen LogP contribution in [0.1, 0.15) is 30.9 Å². The summed E-state index contributed by atoms with van der Waals surface area (Å²) in [7, 11) is 1.77. The molecule has 2 N–H and O–H groups in total. The Balaban J connectivity index is 2.07. The third kappa shape index (κ3) is 1.66. The molecule has 1 aliphatic rings. The zero-order valence-corrected chi connectivity index (χ0v) is 10.8. The molecule has 2 unspecified atom stereocenters. The van der Waals surface area contributed by atoms with E-state index in [9.17, 15) is 0 Å². The van der Waals surface area contributed by atoms with E-state index in [1.165, 1.54) is 0 Å². The van der Waals surface area contributed by atoms with Crippen molar-refractivity contribution in [1.82, 2.24) is 14.5 Å². The van der Waals surface area contributed by atoms with E-state index in [1.807, 2.05) is 19.2 Å². The van der Waals surface area contributed by atoms with Gasteiger partial charge in [-0.25, -0.2) is 9.97 Å². The fourth-order valence-electron chi connectivity index (χ4n) is 2.85. The molecular weight excluding hydrogens is 228 g/mol. The second kappa shape index (κ2) is 4.24. The molecular formula is C13H18N4O. The normalized spacial score (nSPS) is 23.9. The summed E-state index contributed by atoms with van der Waals surface area (Å²) in [5, 5.41) is 0. The minimum absolute atomic E-state index is 0.330. The van der Waals surface area contributed by atoms with Gasteiger partial charge >= 0.3 is 0 Å². The predicted octanol–water partition coefficient (Wildman–Crippen LogP) is 2.06. The number of aryl methyl sites for hydroxylation is 1. The van der Waals surface area contributed by atoms with E-state index in [0.717, 1.165) is 36.0 Å². The number of hydrogen-bond donors (Lipinski definition) is 1. The number of nitrogen functional groups attached to an aromatic ring is 1. The van der Waals surface area contributed by atoms with Gasteiger partial charge in [0.2, 0.25) is 5.95 Å². The first kappa shape index (κ1) is 11.5. The van der Waals surface area contributed by atoms with Gasteiger partial charge in [0, 0.05) is 19.3 Å². The number of nitrogens with zero attached hydrogens (tertiary/aromatic N) is 3. The van der Waals surface area contributed by atoms with E-state index >= 15 is 0 Å². The van der Waals surface area contributed by atoms with Gasteiger partial charge in [-0.05, 0) is 37.8 Å². The minimum atomic E-state index is 0.330. The maximum atomic E-state index is 6.06. The first-order chi connectivity index (χ1) is 8.70. The summed E-state index contributed by atoms with van der Waals surface area (Å²) in [6, 6.07) is 2.32. The molecule has 0 bridgehead atoms. The third-order valence-corrected chi connectivity index (χ3v) is 3.86. The van der Waals surface area contributed by atoms with Crippen LogP contribution in [0, 0.1) is 6.92 Å². The molecule has 2 aromatic heterocycles. The van der Waals surface area contributed by atoms with Crippen molar-refractivity contribution in [3.63, 3.8) is 0 Å². The first-order valence-corrected chi connectivity index (χ1v) is 6.32. The Morgan fingerprint density at radius 2 is 2.28 bits per heavy atom. The van der Waals surface area contributed by atoms with Crippen LogP contribution >= 0.6 is 0 Å². The monoisotopic (exact) mass is 246 g/mol. The van der Waals surface area contributed by atoms with E-state index in [4.69, 9.17) is 10.5 Å². The van der Waals surface area contributed by atoms with Crippen molar-refractivity contribution in [3.05, 3.63) is 17.8 Å². The van der Waals surface area contributed by atoms with Gasteiger partial charge in [0.25, 0.3) is 0 Å². The van der Waals surface area contributed by atoms with Crippen LogP contribution < -0.4 is 5.73 Å². The molecule has 18 heavy (non-hydrogen) atoms. The summed E-state index contributed by atoms with van der Waals surface area (Å²) in [5.41, 5.74) is 8.99. The molecule has 1 saturated carbocycles. The van der Waals surface area contributed by atoms with Crippen LogP contribution in [0.2, 0.25) is 0 Å². The summed E-state index contributed by atoms with van der Waals surface area (Å²) in [5.74, 6) is 0.563. The highest BCUT2D eigenvalue weighted by molar-refractivity contribution is 5.77. The molecule has 2 aromatic rings. The third-order valence-electron chi connectivity index (χ3n) is 3.86. The van der Waals surface area contributed by atoms with E-state index in [2.05, 4.69) is 14.5 Å². The molecule has 1 fully saturated rings. The second-order valence-electron chi connectivity index (χ2n) is 4.96. The van der Waals surface area contributed by atoms with Gasteiger partial charge in [-0.1, -0.05) is 0 Å². The number of fused-ring (bicyclic) bond motifs is 1. The zero-order chi connectivity index (χ0) is 12.7. The average Bonchev–Trinajstić information content (AvgIpc) is 2.93. The lowest BCUT2D eigenvalue weighted by Gasteiger charge is -2.14. The minimum Gasteiger partial charge on any atom is -0.381 e. The summed E-state index contributed by atoms with van der Waals surface area (Å²) < 4.78 is 7.49. The summed E-state index contributed by atoms with van der Waals surface area (Å²) in [6.45, 7) is 2.04. The molecule has 3 rings (SSSR count). The van der Waals surface area contributed by atoms with E-state index in [0.29, 0.717) is 18.1 Å². The largest absolute Gasteiger partial charge is 0.381 e. The number of methoxy groups -OCH3 is 1. The van der Waals surface area contributed by atoms with Gasteiger partial charge in [-0.2, -0.15) is 0 Å². The van der Waals surface area contributed by atoms with Gasteiger partial charge in [0.1, 0.15) is 5.52 Å². The highest BCUT2D eigenvalue weighted by Gasteiger charge is 2.28. The SMILES string of the molecule is COC1CCC(n2c(N)nc3c(C)ccnc32)C1. The second-order valence-corrected chi connectivity index (χ2v) is 4.96. The summed E-state index contributed by atoms with van der Waals surface area (Å²) in [6.07, 6.45) is 5.28. The van der Waals surface area contributed by atoms with Crippen LogP contribution in [0.25, 0.3) is 11.2 Å². The van der Waals surface area contributed by atoms with Crippen molar-refractivity contribution in [2.75, 3.05) is 12.8 Å². The van der Waals surface area contributed by atoms with E-state index < -0.39 is 0 Å². The Morgan fingerprint density at radius 1 is 1.44 bits per heavy atom. The molecule has 2 heterocycles. The maximum absolute atomic E-state index is 6.06. The number of nitrogens with two attached hydrogens (primary N) is 1. The number of imidazole rings is 1. The van der Waals surface area contributed by atoms with Gasteiger partial charge in [0.05, 0.1) is 6.10 Å². The fraction of sp³-hybridized carbons (Fsp3) is 0.538. The number of rotatable bonds is 2. The Bertz CT molecular complexity index is 578. The van der Waals surface area contributed by atoms with Gasteiger partial charge in [-0.15, -0.1) is 0 Å². The molecule has 5 heteroatoms. The van der Waals surface area contributed by atoms with Crippen LogP contribution in [0.5, 0.6) is 0 Å². The van der Waals surface area contributed by atoms with Crippen molar-refractivity contribution in [2.24, 2.45) is 0 Å². The first-order valence-electron chi connectivity index (χ1n) is 6.32. The Kier molecular flexibility index (Phi) is 2.70. The smallest absolute Gasteiger partial charge is 0.202 e. The highest BCUT2D eigenvalue weighted by Crippen LogP contribution is 2.35. The lowest BCUT2D eigenvalue weighted by molar-refractivity contribution is 0.106. The number of ether oxygens (including phenoxy) is 1. The van der Waals surface area contributed by atoms with Crippen molar-refractivity contribution in [2.45, 2.75) is 38.3 Å². The standard InChI is InChI=1S/C13H18N4O/c1-8-5-6-15-12-11(8)16-13(14)17(12)9-3-4-10(7-9)18-2/h5-6,9-10H,3-4,7H2,1-2H3,(H2,14,16). The van der Waals surface area contributed by atoms with Gasteiger partial charge in [-0.3, -0.25) is 4.57 Å². The lowest BCUT2D eigenvalue weighted by atomic mass is 10.2. The molecule has 1 aliphatic carbocycles. The Labute approximate surface area is 106 Å². The zero-order valence-electron chi connectivity index (χ0n) is 10.8. The molecule has 2 atom stereocenters. The Hall–Kier alpha value is -1.62. The number of pyridine rings is 1. The molecule has 0 aromatic carbocycles. The predicted molar refractivity (Wildman–Crippen MR) is 70.4 cm³/mol. The number of anilines is 1. The van der Waals surface area contributed by atoms with Gasteiger partial charge in [0.15, 0.2) is 5.65 Å². The molecule has 0 saturated heterocycles. The van der Waals surface area contributed by atoms with Crippen LogP contribution in [-0.4, -0.2) is 27.7 Å². The summed E-state index contributed by atoms with van der Waals surface area (Å²) in [4.78, 5) is 8.88. The number of hydrogen-bond acceptors (Lipinski definition) is 4. The van der Waals surface area contributed by atoms with Crippen LogP contribution in [0.15, 0.2) is 12.3 Å². The maximum Gasteiger partial charge on any atom is 0.202 e. The van der Waals surface area contributed by atoms with Crippen molar-refractivity contribution >= 4 is 17.1 Å². The van der Waals surface area contributed by atoms with E-state index in [-0.39, 0.29) is 0 Å². The van der Waals surface area contributed by atoms with E-state index in [1.54, 1.807) is 7.11 Å². The van der Waals surface area contributed by atoms with Crippen molar-refractivity contribution in [3.8, 4) is 0 Å². The van der Waals surface area contributed by atoms with Crippen LogP contribution in [0.3, 0.4) is 0 Å². The molecule has 0 radical (unpaired) electrons. The Morgan fingerprint density at radius 3 is 3.00 bits per heavy atom. The van der Waals surface area contributed by atoms with Gasteiger partial charge < -0.3 is 10.5 Å². The highest BCUT2D eigenvalue weighted by atomic mass is 16.5. The van der Waals surface area contributed by atoms with Crippen LogP contribution in [-0.2, 0) is 4.74 Å². The lowest BCUT2D eigenvalue weighted by Crippen LogP contribution is -2.11. The quantitative estimate of drug-likeness (QED) is 0.880. The van der Waals surface area contributed by atoms with Crippen LogP contribution in [0.4, 0.5) is 5.95 Å². The van der Waals surface area contributed by atoms with Crippen molar-refractivity contribution < 1.29 is 4.74 Å². The molecule has 5 nitrogen and oxygen atoms in total. The molecule has 0 amide bonds. The molecule has 0 spiro atoms. The molecule has 0 aliphatic heterocycles. The fourth-order valence-corrected chi connectivity index (χ4v) is 2.85.